The van der Waals surface area contributed by atoms with Crippen LogP contribution in [0.3, 0.4) is 0 Å². The molecule has 1 saturated carbocycles. The van der Waals surface area contributed by atoms with Crippen LogP contribution in [0.15, 0.2) is 48.5 Å². The molecule has 0 unspecified atom stereocenters. The predicted octanol–water partition coefficient (Wildman–Crippen LogP) is 4.18. The molecule has 2 aromatic carbocycles. The van der Waals surface area contributed by atoms with Crippen LogP contribution >= 0.6 is 11.3 Å². The minimum absolute atomic E-state index is 0.0287. The van der Waals surface area contributed by atoms with Gasteiger partial charge >= 0.3 is 12.1 Å². The Kier molecular flexibility index (Phi) is 5.80. The molecule has 35 heavy (non-hydrogen) atoms. The van der Waals surface area contributed by atoms with Crippen LogP contribution in [0.2, 0.25) is 0 Å². The van der Waals surface area contributed by atoms with Crippen LogP contribution in [-0.2, 0) is 16.1 Å². The van der Waals surface area contributed by atoms with Gasteiger partial charge < -0.3 is 20.1 Å². The Morgan fingerprint density at radius 2 is 1.71 bits per heavy atom. The number of fused-ring (bicyclic) bond motifs is 3. The molecule has 5 rings (SSSR count). The molecule has 0 spiro atoms. The van der Waals surface area contributed by atoms with Crippen molar-refractivity contribution in [1.82, 2.24) is 15.2 Å². The number of nitrogens with zero attached hydrogens (tertiary/aromatic N) is 2. The average Bonchev–Trinajstić information content (AvgIpc) is 3.51. The highest BCUT2D eigenvalue weighted by Gasteiger charge is 2.56. The number of benzene rings is 2. The molecule has 180 valence electrons. The van der Waals surface area contributed by atoms with Gasteiger partial charge in [-0.1, -0.05) is 48.5 Å². The summed E-state index contributed by atoms with van der Waals surface area (Å²) in [5.74, 6) is -1.46. The van der Waals surface area contributed by atoms with E-state index >= 15 is 0 Å². The fourth-order valence-electron chi connectivity index (χ4n) is 4.69. The zero-order valence-electron chi connectivity index (χ0n) is 19.4. The number of hydrogen-bond donors (Lipinski definition) is 2. The van der Waals surface area contributed by atoms with Crippen LogP contribution in [0.25, 0.3) is 11.1 Å². The Bertz CT molecular complexity index is 1280. The number of likely N-dealkylation sites (N-methyl/N-ethyl adjacent to an activating group) is 1. The Labute approximate surface area is 206 Å². The second-order valence-electron chi connectivity index (χ2n) is 8.89. The largest absolute Gasteiger partial charge is 0.479 e. The van der Waals surface area contributed by atoms with Crippen molar-refractivity contribution in [3.8, 4) is 11.1 Å². The van der Waals surface area contributed by atoms with Crippen LogP contribution in [0, 0.1) is 6.92 Å². The van der Waals surface area contributed by atoms with Gasteiger partial charge in [-0.2, -0.15) is 0 Å². The van der Waals surface area contributed by atoms with Crippen molar-refractivity contribution >= 4 is 29.3 Å². The van der Waals surface area contributed by atoms with Crippen LogP contribution in [0.4, 0.5) is 4.79 Å². The third kappa shape index (κ3) is 4.05. The number of aliphatic carboxylic acids is 1. The number of ether oxygens (including phenoxy) is 1. The minimum atomic E-state index is -1.13. The molecule has 2 aliphatic rings. The van der Waals surface area contributed by atoms with Crippen LogP contribution in [0.5, 0.6) is 0 Å². The summed E-state index contributed by atoms with van der Waals surface area (Å²) in [7, 11) is 1.50. The Morgan fingerprint density at radius 3 is 2.29 bits per heavy atom. The average molecular weight is 492 g/mol. The maximum Gasteiger partial charge on any atom is 0.407 e. The van der Waals surface area contributed by atoms with Gasteiger partial charge in [0.1, 0.15) is 22.8 Å². The van der Waals surface area contributed by atoms with E-state index in [1.54, 1.807) is 6.92 Å². The Hall–Kier alpha value is -3.72. The first-order valence-electron chi connectivity index (χ1n) is 11.4. The SMILES string of the molecule is Cc1sc(CNC(=O)OCC2c3ccccc3-c3ccccc32)nc1C(=O)N(C)C1(C(=O)O)CC1. The van der Waals surface area contributed by atoms with Gasteiger partial charge in [0.15, 0.2) is 0 Å². The number of aryl methyl sites for hydroxylation is 1. The minimum Gasteiger partial charge on any atom is -0.479 e. The summed E-state index contributed by atoms with van der Waals surface area (Å²) in [6.07, 6.45) is 0.306. The van der Waals surface area contributed by atoms with Gasteiger partial charge in [-0.25, -0.2) is 14.6 Å². The zero-order chi connectivity index (χ0) is 24.7. The number of nitrogens with one attached hydrogen (secondary N) is 1. The van der Waals surface area contributed by atoms with Gasteiger partial charge in [0.05, 0.1) is 6.54 Å². The van der Waals surface area contributed by atoms with E-state index in [2.05, 4.69) is 34.6 Å². The summed E-state index contributed by atoms with van der Waals surface area (Å²) in [6, 6.07) is 16.3. The van der Waals surface area contributed by atoms with Crippen molar-refractivity contribution in [2.45, 2.75) is 37.8 Å². The lowest BCUT2D eigenvalue weighted by Crippen LogP contribution is -2.44. The Balaban J connectivity index is 1.20. The summed E-state index contributed by atoms with van der Waals surface area (Å²) in [5.41, 5.74) is 3.68. The highest BCUT2D eigenvalue weighted by atomic mass is 32.1. The summed E-state index contributed by atoms with van der Waals surface area (Å²) < 4.78 is 5.55. The smallest absolute Gasteiger partial charge is 0.407 e. The molecule has 0 radical (unpaired) electrons. The van der Waals surface area contributed by atoms with Gasteiger partial charge in [-0.3, -0.25) is 4.79 Å². The number of thiazole rings is 1. The summed E-state index contributed by atoms with van der Waals surface area (Å²) in [5, 5.41) is 12.7. The molecule has 2 aliphatic carbocycles. The lowest BCUT2D eigenvalue weighted by Gasteiger charge is -2.23. The van der Waals surface area contributed by atoms with E-state index in [1.165, 1.54) is 23.3 Å². The molecule has 1 heterocycles. The highest BCUT2D eigenvalue weighted by Crippen LogP contribution is 2.44. The van der Waals surface area contributed by atoms with Crippen molar-refractivity contribution in [2.75, 3.05) is 13.7 Å². The fourth-order valence-corrected chi connectivity index (χ4v) is 5.55. The van der Waals surface area contributed by atoms with E-state index in [-0.39, 0.29) is 24.8 Å². The second kappa shape index (κ2) is 8.81. The number of carboxylic acid groups (broad SMARTS) is 1. The first kappa shape index (κ1) is 23.0. The first-order chi connectivity index (χ1) is 16.8. The molecule has 9 heteroatoms. The normalized spacial score (nSPS) is 15.1. The molecule has 3 aromatic rings. The van der Waals surface area contributed by atoms with E-state index < -0.39 is 23.5 Å². The van der Waals surface area contributed by atoms with E-state index in [0.717, 1.165) is 22.3 Å². The van der Waals surface area contributed by atoms with Crippen LogP contribution in [-0.4, -0.2) is 52.2 Å². The zero-order valence-corrected chi connectivity index (χ0v) is 20.2. The molecule has 2 N–H and O–H groups in total. The molecular formula is C26H25N3O5S. The molecular weight excluding hydrogens is 466 g/mol. The van der Waals surface area contributed by atoms with Crippen molar-refractivity contribution in [1.29, 1.82) is 0 Å². The monoisotopic (exact) mass is 491 g/mol. The summed E-state index contributed by atoms with van der Waals surface area (Å²) >= 11 is 1.29. The third-order valence-electron chi connectivity index (χ3n) is 6.84. The van der Waals surface area contributed by atoms with Crippen LogP contribution in [0.1, 0.15) is 50.3 Å². The quantitative estimate of drug-likeness (QED) is 0.513. The number of aromatic nitrogens is 1. The number of hydrogen-bond acceptors (Lipinski definition) is 6. The fraction of sp³-hybridized carbons (Fsp3) is 0.308. The molecule has 1 aromatic heterocycles. The van der Waals surface area contributed by atoms with E-state index in [1.807, 2.05) is 24.3 Å². The molecule has 8 nitrogen and oxygen atoms in total. The summed E-state index contributed by atoms with van der Waals surface area (Å²) in [4.78, 5) is 43.2. The second-order valence-corrected chi connectivity index (χ2v) is 10.2. The number of alkyl carbamates (subject to hydrolysis) is 1. The van der Waals surface area contributed by atoms with E-state index in [4.69, 9.17) is 4.74 Å². The van der Waals surface area contributed by atoms with Crippen molar-refractivity contribution < 1.29 is 24.2 Å². The molecule has 0 bridgehead atoms. The molecule has 0 saturated heterocycles. The van der Waals surface area contributed by atoms with Crippen LogP contribution < -0.4 is 5.32 Å². The maximum absolute atomic E-state index is 12.9. The number of amides is 2. The number of rotatable bonds is 7. The topological polar surface area (TPSA) is 109 Å². The molecule has 0 atom stereocenters. The number of carbonyl (C=O) groups excluding carboxylic acids is 2. The lowest BCUT2D eigenvalue weighted by atomic mass is 9.98. The number of carbonyl (C=O) groups is 3. The molecule has 2 amide bonds. The van der Waals surface area contributed by atoms with Gasteiger partial charge in [0.25, 0.3) is 5.91 Å². The maximum atomic E-state index is 12.9. The van der Waals surface area contributed by atoms with Crippen molar-refractivity contribution in [3.05, 3.63) is 75.2 Å². The predicted molar refractivity (Wildman–Crippen MR) is 130 cm³/mol. The standard InChI is InChI=1S/C26H25N3O5S/c1-15-22(23(30)29(2)26(11-12-26)24(31)32)28-21(35-15)13-27-25(33)34-14-20-18-9-5-3-7-16(18)17-8-4-6-10-19(17)20/h3-10,20H,11-14H2,1-2H3,(H,27,33)(H,31,32). The number of carboxylic acids is 1. The Morgan fingerprint density at radius 1 is 1.11 bits per heavy atom. The van der Waals surface area contributed by atoms with Crippen molar-refractivity contribution in [2.24, 2.45) is 0 Å². The van der Waals surface area contributed by atoms with Crippen molar-refractivity contribution in [3.63, 3.8) is 0 Å². The van der Waals surface area contributed by atoms with E-state index in [0.29, 0.717) is 22.7 Å². The van der Waals surface area contributed by atoms with E-state index in [9.17, 15) is 19.5 Å². The highest BCUT2D eigenvalue weighted by molar-refractivity contribution is 7.11. The van der Waals surface area contributed by atoms with Gasteiger partial charge in [0, 0.05) is 17.8 Å². The third-order valence-corrected chi connectivity index (χ3v) is 7.81. The van der Waals surface area contributed by atoms with Gasteiger partial charge in [0.2, 0.25) is 0 Å². The van der Waals surface area contributed by atoms with Gasteiger partial charge in [-0.05, 0) is 42.0 Å². The lowest BCUT2D eigenvalue weighted by molar-refractivity contribution is -0.143. The molecule has 0 aliphatic heterocycles. The first-order valence-corrected chi connectivity index (χ1v) is 12.2. The van der Waals surface area contributed by atoms with Gasteiger partial charge in [-0.15, -0.1) is 11.3 Å². The summed E-state index contributed by atoms with van der Waals surface area (Å²) in [6.45, 7) is 2.09. The molecule has 1 fully saturated rings.